The minimum absolute atomic E-state index is 0.0985. The summed E-state index contributed by atoms with van der Waals surface area (Å²) in [5, 5.41) is 14.7. The van der Waals surface area contributed by atoms with Gasteiger partial charge in [0.15, 0.2) is 11.9 Å². The van der Waals surface area contributed by atoms with Gasteiger partial charge in [-0.1, -0.05) is 12.1 Å². The van der Waals surface area contributed by atoms with Gasteiger partial charge in [-0.25, -0.2) is 9.97 Å². The van der Waals surface area contributed by atoms with E-state index in [9.17, 15) is 4.79 Å². The number of nitrogens with zero attached hydrogens (tertiary/aromatic N) is 3. The summed E-state index contributed by atoms with van der Waals surface area (Å²) in [6.45, 7) is 3.68. The number of hydrogen-bond donors (Lipinski definition) is 4. The number of carbonyl (C=O) groups is 1. The molecule has 5 rings (SSSR count). The van der Waals surface area contributed by atoms with E-state index in [0.717, 1.165) is 53.6 Å². The number of fused-ring (bicyclic) bond motifs is 1. The summed E-state index contributed by atoms with van der Waals surface area (Å²) in [6, 6.07) is 13.4. The summed E-state index contributed by atoms with van der Waals surface area (Å²) in [5.41, 5.74) is 9.27. The molecular weight excluding hydrogens is 430 g/mol. The van der Waals surface area contributed by atoms with Crippen molar-refractivity contribution >= 4 is 28.3 Å². The summed E-state index contributed by atoms with van der Waals surface area (Å²) in [7, 11) is 0. The van der Waals surface area contributed by atoms with Crippen molar-refractivity contribution in [3.05, 3.63) is 60.4 Å². The number of aryl methyl sites for hydroxylation is 1. The molecule has 1 aliphatic heterocycles. The lowest BCUT2D eigenvalue weighted by Crippen LogP contribution is -2.44. The first kappa shape index (κ1) is 21.8. The zero-order valence-electron chi connectivity index (χ0n) is 18.9. The number of nitrogens with two attached hydrogens (primary N) is 1. The first-order valence-corrected chi connectivity index (χ1v) is 11.4. The van der Waals surface area contributed by atoms with Crippen molar-refractivity contribution < 1.29 is 9.53 Å². The first-order valence-electron chi connectivity index (χ1n) is 11.4. The van der Waals surface area contributed by atoms with Crippen molar-refractivity contribution in [3.8, 4) is 17.1 Å². The van der Waals surface area contributed by atoms with E-state index in [1.807, 2.05) is 49.4 Å². The van der Waals surface area contributed by atoms with Gasteiger partial charge in [-0.15, -0.1) is 0 Å². The molecule has 174 valence electrons. The number of piperidine rings is 1. The van der Waals surface area contributed by atoms with E-state index in [1.54, 1.807) is 12.4 Å². The van der Waals surface area contributed by atoms with E-state index in [0.29, 0.717) is 17.4 Å². The molecular formula is C25H27N7O2. The van der Waals surface area contributed by atoms with Crippen molar-refractivity contribution in [2.45, 2.75) is 25.9 Å². The van der Waals surface area contributed by atoms with Crippen LogP contribution in [-0.2, 0) is 4.79 Å². The van der Waals surface area contributed by atoms with E-state index in [4.69, 9.17) is 15.5 Å². The highest BCUT2D eigenvalue weighted by Crippen LogP contribution is 2.28. The van der Waals surface area contributed by atoms with Gasteiger partial charge in [0, 0.05) is 34.3 Å². The number of amides is 1. The lowest BCUT2D eigenvalue weighted by Gasteiger charge is -2.29. The number of H-pyrrole nitrogens is 1. The molecule has 1 aliphatic rings. The second-order valence-electron chi connectivity index (χ2n) is 8.58. The first-order chi connectivity index (χ1) is 16.6. The van der Waals surface area contributed by atoms with Gasteiger partial charge in [0.25, 0.3) is 5.91 Å². The normalized spacial score (nSPS) is 15.2. The molecule has 5 N–H and O–H groups in total. The van der Waals surface area contributed by atoms with E-state index < -0.39 is 12.0 Å². The zero-order chi connectivity index (χ0) is 23.5. The number of hydrogen-bond acceptors (Lipinski definition) is 7. The zero-order valence-corrected chi connectivity index (χ0v) is 18.9. The number of benzene rings is 2. The summed E-state index contributed by atoms with van der Waals surface area (Å²) in [4.78, 5) is 21.4. The molecule has 0 spiro atoms. The molecule has 2 aromatic carbocycles. The van der Waals surface area contributed by atoms with Crippen molar-refractivity contribution in [1.82, 2.24) is 25.5 Å². The average molecular weight is 458 g/mol. The molecule has 4 aromatic rings. The van der Waals surface area contributed by atoms with Crippen LogP contribution in [0.2, 0.25) is 0 Å². The van der Waals surface area contributed by atoms with Gasteiger partial charge in [0.2, 0.25) is 0 Å². The van der Waals surface area contributed by atoms with Crippen LogP contribution < -0.4 is 21.1 Å². The molecule has 9 heteroatoms. The molecule has 0 aliphatic carbocycles. The molecule has 1 atom stereocenters. The molecule has 9 nitrogen and oxygen atoms in total. The Kier molecular flexibility index (Phi) is 6.09. The van der Waals surface area contributed by atoms with Crippen LogP contribution in [0, 0.1) is 12.8 Å². The molecule has 1 amide bonds. The Morgan fingerprint density at radius 2 is 2.03 bits per heavy atom. The fraction of sp³-hybridized carbons (Fsp3) is 0.280. The third kappa shape index (κ3) is 4.69. The predicted octanol–water partition coefficient (Wildman–Crippen LogP) is 3.30. The monoisotopic (exact) mass is 457 g/mol. The van der Waals surface area contributed by atoms with Crippen LogP contribution in [0.4, 0.5) is 11.5 Å². The van der Waals surface area contributed by atoms with Crippen LogP contribution in [0.5, 0.6) is 5.75 Å². The third-order valence-electron chi connectivity index (χ3n) is 6.12. The number of carbonyl (C=O) groups excluding carboxylic acids is 1. The average Bonchev–Trinajstić information content (AvgIpc) is 3.32. The summed E-state index contributed by atoms with van der Waals surface area (Å²) in [6.07, 6.45) is 4.62. The summed E-state index contributed by atoms with van der Waals surface area (Å²) >= 11 is 0. The quantitative estimate of drug-likeness (QED) is 0.335. The lowest BCUT2D eigenvalue weighted by molar-refractivity contribution is -0.127. The van der Waals surface area contributed by atoms with Gasteiger partial charge in [-0.3, -0.25) is 9.89 Å². The maximum absolute atomic E-state index is 12.1. The third-order valence-corrected chi connectivity index (χ3v) is 6.12. The van der Waals surface area contributed by atoms with Crippen molar-refractivity contribution in [2.24, 2.45) is 11.7 Å². The number of rotatable bonds is 7. The topological polar surface area (TPSA) is 131 Å². The Balaban J connectivity index is 1.38. The molecule has 1 fully saturated rings. The maximum Gasteiger partial charge on any atom is 0.258 e. The van der Waals surface area contributed by atoms with Crippen molar-refractivity contribution in [2.75, 3.05) is 18.4 Å². The molecule has 0 saturated carbocycles. The number of aromatic amines is 1. The van der Waals surface area contributed by atoms with Gasteiger partial charge in [0.05, 0.1) is 11.7 Å². The van der Waals surface area contributed by atoms with Crippen molar-refractivity contribution in [1.29, 1.82) is 0 Å². The Bertz CT molecular complexity index is 1310. The summed E-state index contributed by atoms with van der Waals surface area (Å²) < 4.78 is 6.08. The number of nitrogens with one attached hydrogen (secondary N) is 3. The largest absolute Gasteiger partial charge is 0.480 e. The van der Waals surface area contributed by atoms with Crippen LogP contribution in [0.15, 0.2) is 54.9 Å². The fourth-order valence-corrected chi connectivity index (χ4v) is 4.25. The SMILES string of the molecule is Cc1cnc(-c2cccc(OC(C(N)=O)C3CCNCC3)c2)nc1Nc1ccc2[nH]ncc2c1. The highest BCUT2D eigenvalue weighted by Gasteiger charge is 2.29. The second kappa shape index (κ2) is 9.48. The van der Waals surface area contributed by atoms with Gasteiger partial charge in [-0.2, -0.15) is 5.10 Å². The molecule has 0 radical (unpaired) electrons. The van der Waals surface area contributed by atoms with Crippen LogP contribution in [0.3, 0.4) is 0 Å². The second-order valence-corrected chi connectivity index (χ2v) is 8.58. The highest BCUT2D eigenvalue weighted by molar-refractivity contribution is 5.83. The van der Waals surface area contributed by atoms with Gasteiger partial charge in [0.1, 0.15) is 11.6 Å². The van der Waals surface area contributed by atoms with Crippen LogP contribution in [0.25, 0.3) is 22.3 Å². The Hall–Kier alpha value is -3.98. The number of aromatic nitrogens is 4. The molecule has 34 heavy (non-hydrogen) atoms. The molecule has 2 aromatic heterocycles. The number of primary amides is 1. The Morgan fingerprint density at radius 1 is 1.18 bits per heavy atom. The minimum Gasteiger partial charge on any atom is -0.480 e. The van der Waals surface area contributed by atoms with Gasteiger partial charge < -0.3 is 21.1 Å². The molecule has 3 heterocycles. The van der Waals surface area contributed by atoms with Crippen LogP contribution in [0.1, 0.15) is 18.4 Å². The van der Waals surface area contributed by atoms with Gasteiger partial charge in [-0.05, 0) is 63.2 Å². The number of anilines is 2. The fourth-order valence-electron chi connectivity index (χ4n) is 4.25. The molecule has 0 bridgehead atoms. The minimum atomic E-state index is -0.661. The standard InChI is InChI=1S/C25H27N7O2/c1-15-13-28-25(31-24(15)30-19-5-6-21-18(11-19)14-29-32-21)17-3-2-4-20(12-17)34-22(23(26)33)16-7-9-27-10-8-16/h2-6,11-14,16,22,27H,7-10H2,1H3,(H2,26,33)(H,29,32)(H,28,30,31). The van der Waals surface area contributed by atoms with Crippen molar-refractivity contribution in [3.63, 3.8) is 0 Å². The molecule has 1 unspecified atom stereocenters. The van der Waals surface area contributed by atoms with Gasteiger partial charge >= 0.3 is 0 Å². The van der Waals surface area contributed by atoms with E-state index >= 15 is 0 Å². The predicted molar refractivity (Wildman–Crippen MR) is 131 cm³/mol. The smallest absolute Gasteiger partial charge is 0.258 e. The van der Waals surface area contributed by atoms with E-state index in [2.05, 4.69) is 25.8 Å². The molecule has 1 saturated heterocycles. The lowest BCUT2D eigenvalue weighted by atomic mass is 9.91. The summed E-state index contributed by atoms with van der Waals surface area (Å²) in [5.74, 6) is 1.50. The Labute approximate surface area is 197 Å². The Morgan fingerprint density at radius 3 is 2.85 bits per heavy atom. The van der Waals surface area contributed by atoms with E-state index in [1.165, 1.54) is 0 Å². The highest BCUT2D eigenvalue weighted by atomic mass is 16.5. The maximum atomic E-state index is 12.1. The number of ether oxygens (including phenoxy) is 1. The van der Waals surface area contributed by atoms with Crippen LogP contribution >= 0.6 is 0 Å². The van der Waals surface area contributed by atoms with Crippen LogP contribution in [-0.4, -0.2) is 45.3 Å². The van der Waals surface area contributed by atoms with E-state index in [-0.39, 0.29) is 5.92 Å².